The number of hydrogen-bond donors (Lipinski definition) is 1. The average molecular weight is 353 g/mol. The van der Waals surface area contributed by atoms with E-state index in [9.17, 15) is 9.18 Å². The second-order valence-corrected chi connectivity index (χ2v) is 6.63. The number of piperidine rings is 1. The summed E-state index contributed by atoms with van der Waals surface area (Å²) in [6.45, 7) is 2.58. The Hall–Kier alpha value is -2.96. The fourth-order valence-electron chi connectivity index (χ4n) is 3.44. The first-order valence-corrected chi connectivity index (χ1v) is 8.66. The molecule has 1 atom stereocenters. The maximum absolute atomic E-state index is 13.4. The molecule has 0 spiro atoms. The highest BCUT2D eigenvalue weighted by Gasteiger charge is 2.31. The van der Waals surface area contributed by atoms with Crippen LogP contribution in [0.2, 0.25) is 0 Å². The molecule has 1 amide bonds. The average Bonchev–Trinajstić information content (AvgIpc) is 2.94. The zero-order chi connectivity index (χ0) is 18.3. The number of amides is 1. The Morgan fingerprint density at radius 2 is 2.04 bits per heavy atom. The lowest BCUT2D eigenvalue weighted by Gasteiger charge is -2.32. The number of carbonyl (C=O) groups is 1. The number of aromatic nitrogens is 3. The molecule has 3 heterocycles. The topological polar surface area (TPSA) is 63.1 Å². The maximum atomic E-state index is 13.4. The van der Waals surface area contributed by atoms with Crippen molar-refractivity contribution in [1.82, 2.24) is 14.8 Å². The first-order chi connectivity index (χ1) is 12.5. The Bertz CT molecular complexity index is 983. The molecular formula is C19H20FN5O. The molecule has 0 saturated carbocycles. The highest BCUT2D eigenvalue weighted by atomic mass is 19.1. The molecule has 0 aliphatic carbocycles. The van der Waals surface area contributed by atoms with Crippen LogP contribution in [-0.2, 0) is 11.8 Å². The maximum Gasteiger partial charge on any atom is 0.250 e. The van der Waals surface area contributed by atoms with E-state index in [1.807, 2.05) is 32.2 Å². The first kappa shape index (κ1) is 16.5. The summed E-state index contributed by atoms with van der Waals surface area (Å²) < 4.78 is 15.2. The molecule has 134 valence electrons. The van der Waals surface area contributed by atoms with E-state index in [4.69, 9.17) is 0 Å². The Kier molecular flexibility index (Phi) is 4.06. The molecule has 1 aliphatic rings. The third-order valence-corrected chi connectivity index (χ3v) is 4.67. The van der Waals surface area contributed by atoms with Crippen LogP contribution in [0.4, 0.5) is 16.0 Å². The number of anilines is 2. The van der Waals surface area contributed by atoms with Crippen molar-refractivity contribution in [1.29, 1.82) is 0 Å². The molecule has 1 fully saturated rings. The van der Waals surface area contributed by atoms with Gasteiger partial charge < -0.3 is 5.32 Å². The van der Waals surface area contributed by atoms with E-state index in [2.05, 4.69) is 15.4 Å². The predicted molar refractivity (Wildman–Crippen MR) is 98.6 cm³/mol. The monoisotopic (exact) mass is 353 g/mol. The molecule has 1 aromatic carbocycles. The van der Waals surface area contributed by atoms with E-state index in [-0.39, 0.29) is 17.8 Å². The van der Waals surface area contributed by atoms with Crippen LogP contribution in [-0.4, -0.2) is 33.3 Å². The highest BCUT2D eigenvalue weighted by Crippen LogP contribution is 2.24. The normalized spacial score (nSPS) is 17.7. The predicted octanol–water partition coefficient (Wildman–Crippen LogP) is 3.02. The van der Waals surface area contributed by atoms with Crippen LogP contribution < -0.4 is 10.2 Å². The lowest BCUT2D eigenvalue weighted by molar-refractivity contribution is -0.120. The molecule has 0 bridgehead atoms. The third-order valence-electron chi connectivity index (χ3n) is 4.67. The summed E-state index contributed by atoms with van der Waals surface area (Å²) in [5.41, 5.74) is 1.45. The fourth-order valence-corrected chi connectivity index (χ4v) is 3.44. The van der Waals surface area contributed by atoms with Crippen LogP contribution in [0.15, 0.2) is 36.4 Å². The van der Waals surface area contributed by atoms with Gasteiger partial charge in [-0.05, 0) is 44.0 Å². The van der Waals surface area contributed by atoms with Gasteiger partial charge in [-0.3, -0.25) is 14.4 Å². The smallest absolute Gasteiger partial charge is 0.250 e. The Labute approximate surface area is 150 Å². The molecule has 1 saturated heterocycles. The van der Waals surface area contributed by atoms with Crippen LogP contribution >= 0.6 is 0 Å². The van der Waals surface area contributed by atoms with Gasteiger partial charge in [-0.1, -0.05) is 0 Å². The summed E-state index contributed by atoms with van der Waals surface area (Å²) in [5.74, 6) is 1.05. The summed E-state index contributed by atoms with van der Waals surface area (Å²) in [5, 5.41) is 8.40. The van der Waals surface area contributed by atoms with Crippen molar-refractivity contribution in [2.75, 3.05) is 16.8 Å². The standard InChI is InChI=1S/C19H20FN5O/c1-12-10-18(24(2)23-12)25-9-3-4-15(19(25)26)21-17-8-6-13-5-7-14(20)11-16(13)22-17/h5-8,10-11,15H,3-4,9H2,1-2H3,(H,21,22). The quantitative estimate of drug-likeness (QED) is 0.786. The van der Waals surface area contributed by atoms with Crippen molar-refractivity contribution in [2.24, 2.45) is 7.05 Å². The number of fused-ring (bicyclic) bond motifs is 1. The molecule has 26 heavy (non-hydrogen) atoms. The number of aryl methyl sites for hydroxylation is 2. The first-order valence-electron chi connectivity index (χ1n) is 8.66. The lowest BCUT2D eigenvalue weighted by Crippen LogP contribution is -2.48. The van der Waals surface area contributed by atoms with Gasteiger partial charge in [0.25, 0.3) is 5.91 Å². The number of nitrogens with one attached hydrogen (secondary N) is 1. The van der Waals surface area contributed by atoms with Gasteiger partial charge in [-0.15, -0.1) is 0 Å². The van der Waals surface area contributed by atoms with Gasteiger partial charge in [-0.2, -0.15) is 5.10 Å². The molecule has 1 N–H and O–H groups in total. The van der Waals surface area contributed by atoms with E-state index in [0.29, 0.717) is 17.9 Å². The van der Waals surface area contributed by atoms with Gasteiger partial charge in [0.2, 0.25) is 0 Å². The SMILES string of the molecule is Cc1cc(N2CCCC(Nc3ccc4ccc(F)cc4n3)C2=O)n(C)n1. The van der Waals surface area contributed by atoms with Gasteiger partial charge in [-0.25, -0.2) is 9.37 Å². The van der Waals surface area contributed by atoms with Gasteiger partial charge in [0.15, 0.2) is 0 Å². The molecular weight excluding hydrogens is 333 g/mol. The molecule has 3 aromatic rings. The minimum Gasteiger partial charge on any atom is -0.358 e. The van der Waals surface area contributed by atoms with E-state index in [0.717, 1.165) is 29.7 Å². The molecule has 4 rings (SSSR count). The van der Waals surface area contributed by atoms with Crippen molar-refractivity contribution in [2.45, 2.75) is 25.8 Å². The lowest BCUT2D eigenvalue weighted by atomic mass is 10.0. The van der Waals surface area contributed by atoms with Crippen LogP contribution in [0.1, 0.15) is 18.5 Å². The van der Waals surface area contributed by atoms with Gasteiger partial charge >= 0.3 is 0 Å². The Morgan fingerprint density at radius 1 is 1.23 bits per heavy atom. The van der Waals surface area contributed by atoms with Gasteiger partial charge in [0.1, 0.15) is 23.5 Å². The zero-order valence-corrected chi connectivity index (χ0v) is 14.7. The zero-order valence-electron chi connectivity index (χ0n) is 14.7. The molecule has 0 radical (unpaired) electrons. The fraction of sp³-hybridized carbons (Fsp3) is 0.316. The second kappa shape index (κ2) is 6.40. The highest BCUT2D eigenvalue weighted by molar-refractivity contribution is 5.99. The number of halogens is 1. The van der Waals surface area contributed by atoms with E-state index in [1.54, 1.807) is 15.6 Å². The van der Waals surface area contributed by atoms with E-state index in [1.165, 1.54) is 12.1 Å². The number of benzene rings is 1. The van der Waals surface area contributed by atoms with Crippen molar-refractivity contribution in [3.63, 3.8) is 0 Å². The van der Waals surface area contributed by atoms with Crippen molar-refractivity contribution < 1.29 is 9.18 Å². The number of pyridine rings is 1. The number of carbonyl (C=O) groups excluding carboxylic acids is 1. The molecule has 7 heteroatoms. The largest absolute Gasteiger partial charge is 0.358 e. The van der Waals surface area contributed by atoms with Crippen LogP contribution in [0.3, 0.4) is 0 Å². The van der Waals surface area contributed by atoms with Crippen molar-refractivity contribution in [3.8, 4) is 0 Å². The Balaban J connectivity index is 1.58. The summed E-state index contributed by atoms with van der Waals surface area (Å²) in [6.07, 6.45) is 1.62. The summed E-state index contributed by atoms with van der Waals surface area (Å²) >= 11 is 0. The van der Waals surface area contributed by atoms with Crippen molar-refractivity contribution in [3.05, 3.63) is 47.9 Å². The number of hydrogen-bond acceptors (Lipinski definition) is 4. The number of rotatable bonds is 3. The molecule has 1 unspecified atom stereocenters. The Morgan fingerprint density at radius 3 is 2.81 bits per heavy atom. The second-order valence-electron chi connectivity index (χ2n) is 6.63. The van der Waals surface area contributed by atoms with Gasteiger partial charge in [0.05, 0.1) is 11.2 Å². The van der Waals surface area contributed by atoms with E-state index < -0.39 is 0 Å². The van der Waals surface area contributed by atoms with Gasteiger partial charge in [0, 0.05) is 31.1 Å². The van der Waals surface area contributed by atoms with E-state index >= 15 is 0 Å². The van der Waals surface area contributed by atoms with Crippen molar-refractivity contribution >= 4 is 28.4 Å². The minimum absolute atomic E-state index is 0.000360. The number of nitrogens with zero attached hydrogens (tertiary/aromatic N) is 4. The third kappa shape index (κ3) is 3.00. The van der Waals surface area contributed by atoms with Crippen LogP contribution in [0, 0.1) is 12.7 Å². The van der Waals surface area contributed by atoms with Crippen LogP contribution in [0.25, 0.3) is 10.9 Å². The molecule has 2 aromatic heterocycles. The molecule has 6 nitrogen and oxygen atoms in total. The molecule has 1 aliphatic heterocycles. The summed E-state index contributed by atoms with van der Waals surface area (Å²) in [4.78, 5) is 19.2. The van der Waals surface area contributed by atoms with Crippen LogP contribution in [0.5, 0.6) is 0 Å². The summed E-state index contributed by atoms with van der Waals surface area (Å²) in [6, 6.07) is 9.75. The minimum atomic E-state index is -0.363. The summed E-state index contributed by atoms with van der Waals surface area (Å²) in [7, 11) is 1.84.